The van der Waals surface area contributed by atoms with E-state index in [9.17, 15) is 13.6 Å². The van der Waals surface area contributed by atoms with E-state index >= 15 is 0 Å². The third-order valence-corrected chi connectivity index (χ3v) is 3.30. The molecule has 0 spiro atoms. The van der Waals surface area contributed by atoms with Gasteiger partial charge in [0.2, 0.25) is 0 Å². The summed E-state index contributed by atoms with van der Waals surface area (Å²) in [6.45, 7) is -2.88. The van der Waals surface area contributed by atoms with Gasteiger partial charge in [-0.15, -0.1) is 0 Å². The van der Waals surface area contributed by atoms with E-state index < -0.39 is 12.6 Å². The highest BCUT2D eigenvalue weighted by molar-refractivity contribution is 5.85. The lowest BCUT2D eigenvalue weighted by atomic mass is 10.2. The van der Waals surface area contributed by atoms with Gasteiger partial charge in [-0.2, -0.15) is 8.78 Å². The number of carbonyl (C=O) groups excluding carboxylic acids is 1. The lowest BCUT2D eigenvalue weighted by molar-refractivity contribution is -0.0504. The third kappa shape index (κ3) is 3.60. The van der Waals surface area contributed by atoms with Crippen molar-refractivity contribution in [2.75, 3.05) is 5.43 Å². The summed E-state index contributed by atoms with van der Waals surface area (Å²) in [6.07, 6.45) is 1.48. The first-order valence-corrected chi connectivity index (χ1v) is 7.13. The summed E-state index contributed by atoms with van der Waals surface area (Å²) < 4.78 is 30.6. The van der Waals surface area contributed by atoms with Crippen molar-refractivity contribution < 1.29 is 18.3 Å². The van der Waals surface area contributed by atoms with E-state index in [0.717, 1.165) is 11.0 Å². The maximum absolute atomic E-state index is 12.4. The minimum absolute atomic E-state index is 0.0286. The molecule has 0 saturated heterocycles. The Morgan fingerprint density at radius 2 is 1.92 bits per heavy atom. The molecule has 3 aromatic rings. The number of halogens is 2. The number of ether oxygens (including phenoxy) is 1. The summed E-state index contributed by atoms with van der Waals surface area (Å²) in [6, 6.07) is 13.1. The standard InChI is InChI=1S/C16H14F2N4O2/c17-15(18)24-14-8-4-1-5-11(14)9-19-16(23)21-22-10-20-12-6-2-3-7-13(12)22/h1-8,10,15H,9H2,(H2,19,21,23). The number of hydrogen-bond acceptors (Lipinski definition) is 3. The molecule has 1 aromatic heterocycles. The van der Waals surface area contributed by atoms with Gasteiger partial charge in [0.1, 0.15) is 12.1 Å². The van der Waals surface area contributed by atoms with Crippen LogP contribution in [0, 0.1) is 0 Å². The molecule has 0 fully saturated rings. The normalized spacial score (nSPS) is 10.8. The number of rotatable bonds is 5. The monoisotopic (exact) mass is 332 g/mol. The molecule has 0 aliphatic rings. The number of carbonyl (C=O) groups is 1. The van der Waals surface area contributed by atoms with Crippen LogP contribution in [0.2, 0.25) is 0 Å². The third-order valence-electron chi connectivity index (χ3n) is 3.30. The van der Waals surface area contributed by atoms with Crippen molar-refractivity contribution >= 4 is 17.1 Å². The molecule has 0 radical (unpaired) electrons. The van der Waals surface area contributed by atoms with Crippen molar-refractivity contribution in [3.05, 3.63) is 60.4 Å². The predicted octanol–water partition coefficient (Wildman–Crippen LogP) is 3.09. The van der Waals surface area contributed by atoms with Crippen LogP contribution in [-0.2, 0) is 6.54 Å². The second-order valence-corrected chi connectivity index (χ2v) is 4.88. The van der Waals surface area contributed by atoms with Crippen LogP contribution in [0.25, 0.3) is 11.0 Å². The Labute approximate surface area is 136 Å². The summed E-state index contributed by atoms with van der Waals surface area (Å²) in [5.41, 5.74) is 4.55. The number of fused-ring (bicyclic) bond motifs is 1. The number of para-hydroxylation sites is 3. The van der Waals surface area contributed by atoms with Crippen LogP contribution in [-0.4, -0.2) is 22.3 Å². The molecular weight excluding hydrogens is 318 g/mol. The minimum Gasteiger partial charge on any atom is -0.434 e. The summed E-state index contributed by atoms with van der Waals surface area (Å²) in [5.74, 6) is 0.0286. The molecule has 0 bridgehead atoms. The molecule has 24 heavy (non-hydrogen) atoms. The molecule has 1 heterocycles. The molecule has 0 saturated carbocycles. The van der Waals surface area contributed by atoms with Crippen LogP contribution >= 0.6 is 0 Å². The molecule has 0 unspecified atom stereocenters. The molecule has 6 nitrogen and oxygen atoms in total. The Morgan fingerprint density at radius 3 is 2.75 bits per heavy atom. The molecule has 124 valence electrons. The second kappa shape index (κ2) is 6.95. The number of amides is 2. The molecule has 8 heteroatoms. The fourth-order valence-corrected chi connectivity index (χ4v) is 2.23. The number of nitrogens with one attached hydrogen (secondary N) is 2. The predicted molar refractivity (Wildman–Crippen MR) is 84.4 cm³/mol. The second-order valence-electron chi connectivity index (χ2n) is 4.88. The minimum atomic E-state index is -2.92. The van der Waals surface area contributed by atoms with Gasteiger partial charge in [-0.1, -0.05) is 30.3 Å². The Hall–Kier alpha value is -3.16. The van der Waals surface area contributed by atoms with Crippen LogP contribution in [0.5, 0.6) is 5.75 Å². The molecule has 0 atom stereocenters. The molecule has 0 aliphatic heterocycles. The summed E-state index contributed by atoms with van der Waals surface area (Å²) in [5, 5.41) is 2.59. The van der Waals surface area contributed by atoms with E-state index in [2.05, 4.69) is 20.5 Å². The van der Waals surface area contributed by atoms with Crippen LogP contribution in [0.15, 0.2) is 54.9 Å². The number of nitrogens with zero attached hydrogens (tertiary/aromatic N) is 2. The van der Waals surface area contributed by atoms with Crippen LogP contribution in [0.3, 0.4) is 0 Å². The van der Waals surface area contributed by atoms with Gasteiger partial charge in [0.05, 0.1) is 11.0 Å². The van der Waals surface area contributed by atoms with Crippen LogP contribution < -0.4 is 15.5 Å². The Balaban J connectivity index is 1.64. The average molecular weight is 332 g/mol. The molecule has 3 rings (SSSR count). The average Bonchev–Trinajstić information content (AvgIpc) is 2.97. The van der Waals surface area contributed by atoms with Crippen molar-refractivity contribution in [1.29, 1.82) is 0 Å². The van der Waals surface area contributed by atoms with Gasteiger partial charge in [-0.25, -0.2) is 19.9 Å². The van der Waals surface area contributed by atoms with Crippen LogP contribution in [0.4, 0.5) is 13.6 Å². The maximum Gasteiger partial charge on any atom is 0.387 e. The summed E-state index contributed by atoms with van der Waals surface area (Å²) in [4.78, 5) is 16.2. The highest BCUT2D eigenvalue weighted by Crippen LogP contribution is 2.19. The van der Waals surface area contributed by atoms with Gasteiger partial charge in [0.25, 0.3) is 0 Å². The number of aromatic nitrogens is 2. The lowest BCUT2D eigenvalue weighted by Gasteiger charge is -2.12. The SMILES string of the molecule is O=C(NCc1ccccc1OC(F)F)Nn1cnc2ccccc21. The number of imidazole rings is 1. The van der Waals surface area contributed by atoms with E-state index in [1.807, 2.05) is 24.3 Å². The van der Waals surface area contributed by atoms with E-state index in [1.165, 1.54) is 17.1 Å². The quantitative estimate of drug-likeness (QED) is 0.754. The van der Waals surface area contributed by atoms with Gasteiger partial charge in [-0.05, 0) is 18.2 Å². The summed E-state index contributed by atoms with van der Waals surface area (Å²) >= 11 is 0. The first-order chi connectivity index (χ1) is 11.6. The Bertz CT molecular complexity index is 851. The number of hydrogen-bond donors (Lipinski definition) is 2. The zero-order valence-corrected chi connectivity index (χ0v) is 12.4. The van der Waals surface area contributed by atoms with Crippen molar-refractivity contribution in [3.8, 4) is 5.75 Å². The van der Waals surface area contributed by atoms with E-state index in [-0.39, 0.29) is 12.3 Å². The fraction of sp³-hybridized carbons (Fsp3) is 0.125. The molecule has 2 N–H and O–H groups in total. The Morgan fingerprint density at radius 1 is 1.17 bits per heavy atom. The Kier molecular flexibility index (Phi) is 4.55. The first-order valence-electron chi connectivity index (χ1n) is 7.13. The van der Waals surface area contributed by atoms with Gasteiger partial charge >= 0.3 is 12.6 Å². The topological polar surface area (TPSA) is 68.2 Å². The first kappa shape index (κ1) is 15.7. The highest BCUT2D eigenvalue weighted by atomic mass is 19.3. The van der Waals surface area contributed by atoms with E-state index in [4.69, 9.17) is 0 Å². The number of urea groups is 1. The van der Waals surface area contributed by atoms with Gasteiger partial charge < -0.3 is 10.1 Å². The zero-order chi connectivity index (χ0) is 16.9. The maximum atomic E-state index is 12.4. The lowest BCUT2D eigenvalue weighted by Crippen LogP contribution is -2.33. The van der Waals surface area contributed by atoms with Crippen molar-refractivity contribution in [1.82, 2.24) is 15.0 Å². The fourth-order valence-electron chi connectivity index (χ4n) is 2.23. The van der Waals surface area contributed by atoms with E-state index in [0.29, 0.717) is 5.56 Å². The van der Waals surface area contributed by atoms with Crippen molar-refractivity contribution in [2.45, 2.75) is 13.2 Å². The summed E-state index contributed by atoms with van der Waals surface area (Å²) in [7, 11) is 0. The number of benzene rings is 2. The molecule has 0 aliphatic carbocycles. The van der Waals surface area contributed by atoms with Crippen molar-refractivity contribution in [2.24, 2.45) is 0 Å². The van der Waals surface area contributed by atoms with Crippen LogP contribution in [0.1, 0.15) is 5.56 Å². The number of alkyl halides is 2. The largest absolute Gasteiger partial charge is 0.434 e. The molecular formula is C16H14F2N4O2. The van der Waals surface area contributed by atoms with Crippen molar-refractivity contribution in [3.63, 3.8) is 0 Å². The van der Waals surface area contributed by atoms with Gasteiger partial charge in [-0.3, -0.25) is 0 Å². The molecule has 2 amide bonds. The molecule has 2 aromatic carbocycles. The highest BCUT2D eigenvalue weighted by Gasteiger charge is 2.10. The zero-order valence-electron chi connectivity index (χ0n) is 12.4. The smallest absolute Gasteiger partial charge is 0.387 e. The van der Waals surface area contributed by atoms with Gasteiger partial charge in [0.15, 0.2) is 0 Å². The van der Waals surface area contributed by atoms with E-state index in [1.54, 1.807) is 18.2 Å². The van der Waals surface area contributed by atoms with Gasteiger partial charge in [0, 0.05) is 12.1 Å².